The number of hydrogen-bond acceptors (Lipinski definition) is 9. The summed E-state index contributed by atoms with van der Waals surface area (Å²) in [6.07, 6.45) is 2.68. The first kappa shape index (κ1) is 34.5. The lowest BCUT2D eigenvalue weighted by atomic mass is 10.0. The Kier molecular flexibility index (Phi) is 9.63. The fourth-order valence-electron chi connectivity index (χ4n) is 8.08. The SMILES string of the molecule is NC(=O)c1ccc(N2CCC(N3CCN(Cc4ccc5c(c4)CN(C4CCC(=O)NC4=O)C5=O)CC3)CC2)nc1-c1ccc(Oc2ccccc2)cc1. The zero-order valence-corrected chi connectivity index (χ0v) is 29.6. The van der Waals surface area contributed by atoms with Crippen LogP contribution in [0.3, 0.4) is 0 Å². The van der Waals surface area contributed by atoms with Gasteiger partial charge in [0.1, 0.15) is 23.4 Å². The molecule has 12 nitrogen and oxygen atoms in total. The van der Waals surface area contributed by atoms with Crippen LogP contribution in [0.25, 0.3) is 11.3 Å². The summed E-state index contributed by atoms with van der Waals surface area (Å²) in [5.74, 6) is 0.973. The fourth-order valence-corrected chi connectivity index (χ4v) is 8.08. The van der Waals surface area contributed by atoms with Gasteiger partial charge in [0.25, 0.3) is 11.8 Å². The topological polar surface area (TPSA) is 141 Å². The second-order valence-corrected chi connectivity index (χ2v) is 14.3. The standard InChI is InChI=1S/C41H43N7O5/c42-39(50)34-12-14-36(43-38(34)28-7-9-32(10-8-28)53-31-4-2-1-3-5-31)47-18-16-30(17-19-47)46-22-20-45(21-23-46)25-27-6-11-33-29(24-27)26-48(41(33)52)35-13-15-37(49)44-40(35)51/h1-12,14,24,30,35H,13,15-23,25-26H2,(H2,42,50)(H,44,49,51). The van der Waals surface area contributed by atoms with Crippen molar-refractivity contribution in [2.24, 2.45) is 5.73 Å². The molecule has 0 radical (unpaired) electrons. The van der Waals surface area contributed by atoms with Crippen molar-refractivity contribution in [1.29, 1.82) is 0 Å². The van der Waals surface area contributed by atoms with Gasteiger partial charge in [0.15, 0.2) is 0 Å². The second-order valence-electron chi connectivity index (χ2n) is 14.3. The predicted molar refractivity (Wildman–Crippen MR) is 199 cm³/mol. The molecule has 3 fully saturated rings. The average molecular weight is 714 g/mol. The maximum absolute atomic E-state index is 13.1. The molecule has 8 rings (SSSR count). The molecule has 4 aromatic rings. The summed E-state index contributed by atoms with van der Waals surface area (Å²) >= 11 is 0. The number of aromatic nitrogens is 1. The van der Waals surface area contributed by atoms with Gasteiger partial charge < -0.3 is 20.3 Å². The van der Waals surface area contributed by atoms with E-state index in [1.807, 2.05) is 72.8 Å². The zero-order valence-electron chi connectivity index (χ0n) is 29.6. The van der Waals surface area contributed by atoms with Gasteiger partial charge in [-0.15, -0.1) is 0 Å². The highest BCUT2D eigenvalue weighted by molar-refractivity contribution is 6.05. The third-order valence-corrected chi connectivity index (χ3v) is 11.0. The number of hydrogen-bond donors (Lipinski definition) is 2. The summed E-state index contributed by atoms with van der Waals surface area (Å²) in [5, 5.41) is 2.37. The van der Waals surface area contributed by atoms with Gasteiger partial charge >= 0.3 is 0 Å². The number of nitrogens with two attached hydrogens (primary N) is 1. The number of ether oxygens (including phenoxy) is 1. The van der Waals surface area contributed by atoms with E-state index in [0.717, 1.165) is 86.9 Å². The summed E-state index contributed by atoms with van der Waals surface area (Å²) in [6.45, 7) is 6.88. The Morgan fingerprint density at radius 2 is 1.57 bits per heavy atom. The summed E-state index contributed by atoms with van der Waals surface area (Å²) < 4.78 is 5.95. The molecule has 0 spiro atoms. The number of para-hydroxylation sites is 1. The highest BCUT2D eigenvalue weighted by atomic mass is 16.5. The Balaban J connectivity index is 0.842. The lowest BCUT2D eigenvalue weighted by Gasteiger charge is -2.43. The van der Waals surface area contributed by atoms with E-state index in [-0.39, 0.29) is 24.1 Å². The third kappa shape index (κ3) is 7.37. The van der Waals surface area contributed by atoms with Crippen molar-refractivity contribution >= 4 is 29.4 Å². The van der Waals surface area contributed by atoms with Gasteiger partial charge in [0.05, 0.1) is 11.3 Å². The first-order valence-corrected chi connectivity index (χ1v) is 18.4. The monoisotopic (exact) mass is 713 g/mol. The molecule has 0 aliphatic carbocycles. The number of carbonyl (C=O) groups excluding carboxylic acids is 4. The highest BCUT2D eigenvalue weighted by Gasteiger charge is 2.39. The smallest absolute Gasteiger partial charge is 0.255 e. The predicted octanol–water partition coefficient (Wildman–Crippen LogP) is 4.19. The summed E-state index contributed by atoms with van der Waals surface area (Å²) in [7, 11) is 0. The van der Waals surface area contributed by atoms with Crippen molar-refractivity contribution in [3.8, 4) is 22.8 Å². The Morgan fingerprint density at radius 1 is 0.830 bits per heavy atom. The minimum atomic E-state index is -0.600. The van der Waals surface area contributed by atoms with Gasteiger partial charge in [-0.1, -0.05) is 30.3 Å². The van der Waals surface area contributed by atoms with Gasteiger partial charge in [-0.3, -0.25) is 34.3 Å². The zero-order chi connectivity index (χ0) is 36.5. The number of anilines is 1. The van der Waals surface area contributed by atoms with Crippen LogP contribution in [0.1, 0.15) is 57.5 Å². The van der Waals surface area contributed by atoms with Gasteiger partial charge in [0, 0.05) is 75.9 Å². The summed E-state index contributed by atoms with van der Waals surface area (Å²) in [4.78, 5) is 63.4. The Labute approximate surface area is 308 Å². The molecule has 4 aliphatic rings. The van der Waals surface area contributed by atoms with Gasteiger partial charge in [-0.2, -0.15) is 0 Å². The second kappa shape index (κ2) is 14.8. The number of fused-ring (bicyclic) bond motifs is 1. The molecule has 5 heterocycles. The molecule has 12 heteroatoms. The molecular formula is C41H43N7O5. The number of primary amides is 1. The van der Waals surface area contributed by atoms with E-state index in [0.29, 0.717) is 41.6 Å². The molecule has 1 atom stereocenters. The number of piperazine rings is 1. The van der Waals surface area contributed by atoms with Crippen LogP contribution < -0.4 is 20.7 Å². The minimum Gasteiger partial charge on any atom is -0.457 e. The van der Waals surface area contributed by atoms with Gasteiger partial charge in [-0.05, 0) is 85.0 Å². The van der Waals surface area contributed by atoms with Crippen molar-refractivity contribution in [1.82, 2.24) is 25.0 Å². The maximum atomic E-state index is 13.1. The largest absolute Gasteiger partial charge is 0.457 e. The van der Waals surface area contributed by atoms with Crippen LogP contribution in [0.15, 0.2) is 84.9 Å². The molecule has 0 saturated carbocycles. The molecule has 272 valence electrons. The van der Waals surface area contributed by atoms with E-state index < -0.39 is 11.9 Å². The number of imide groups is 1. The van der Waals surface area contributed by atoms with E-state index in [1.54, 1.807) is 11.0 Å². The van der Waals surface area contributed by atoms with Crippen molar-refractivity contribution < 1.29 is 23.9 Å². The molecule has 1 aromatic heterocycles. The molecule has 4 aliphatic heterocycles. The number of nitrogens with zero attached hydrogens (tertiary/aromatic N) is 5. The lowest BCUT2D eigenvalue weighted by Crippen LogP contribution is -2.53. The Bertz CT molecular complexity index is 2020. The van der Waals surface area contributed by atoms with Gasteiger partial charge in [0.2, 0.25) is 11.8 Å². The molecule has 1 unspecified atom stereocenters. The third-order valence-electron chi connectivity index (χ3n) is 11.0. The average Bonchev–Trinajstić information content (AvgIpc) is 3.50. The molecule has 3 aromatic carbocycles. The van der Waals surface area contributed by atoms with Crippen LogP contribution in [-0.2, 0) is 22.7 Å². The van der Waals surface area contributed by atoms with Crippen LogP contribution in [0, 0.1) is 0 Å². The first-order valence-electron chi connectivity index (χ1n) is 18.4. The van der Waals surface area contributed by atoms with Crippen LogP contribution in [-0.4, -0.2) is 94.7 Å². The first-order chi connectivity index (χ1) is 25.8. The number of amides is 4. The minimum absolute atomic E-state index is 0.139. The van der Waals surface area contributed by atoms with Crippen molar-refractivity contribution in [2.45, 2.75) is 50.9 Å². The van der Waals surface area contributed by atoms with Crippen molar-refractivity contribution in [3.05, 3.63) is 107 Å². The summed E-state index contributed by atoms with van der Waals surface area (Å²) in [5.41, 5.74) is 10.3. The molecule has 0 bridgehead atoms. The molecule has 4 amide bonds. The van der Waals surface area contributed by atoms with E-state index in [2.05, 4.69) is 26.1 Å². The van der Waals surface area contributed by atoms with Crippen molar-refractivity contribution in [3.63, 3.8) is 0 Å². The number of pyridine rings is 1. The van der Waals surface area contributed by atoms with Crippen LogP contribution in [0.4, 0.5) is 5.82 Å². The lowest BCUT2D eigenvalue weighted by molar-refractivity contribution is -0.136. The van der Waals surface area contributed by atoms with Gasteiger partial charge in [-0.25, -0.2) is 4.98 Å². The highest BCUT2D eigenvalue weighted by Crippen LogP contribution is 2.31. The Morgan fingerprint density at radius 3 is 2.28 bits per heavy atom. The normalized spacial score (nSPS) is 20.0. The van der Waals surface area contributed by atoms with Crippen LogP contribution >= 0.6 is 0 Å². The fraction of sp³-hybridized carbons (Fsp3) is 0.341. The van der Waals surface area contributed by atoms with E-state index in [1.165, 1.54) is 0 Å². The van der Waals surface area contributed by atoms with E-state index in [4.69, 9.17) is 15.5 Å². The molecule has 3 N–H and O–H groups in total. The number of benzene rings is 3. The van der Waals surface area contributed by atoms with Crippen LogP contribution in [0.5, 0.6) is 11.5 Å². The van der Waals surface area contributed by atoms with Crippen molar-refractivity contribution in [2.75, 3.05) is 44.2 Å². The van der Waals surface area contributed by atoms with E-state index >= 15 is 0 Å². The molecule has 3 saturated heterocycles. The molecule has 53 heavy (non-hydrogen) atoms. The maximum Gasteiger partial charge on any atom is 0.255 e. The number of carbonyl (C=O) groups is 4. The molecular weight excluding hydrogens is 670 g/mol. The summed E-state index contributed by atoms with van der Waals surface area (Å²) in [6, 6.07) is 26.8. The number of rotatable bonds is 9. The number of nitrogens with one attached hydrogen (secondary N) is 1. The Hall–Kier alpha value is -5.59. The quantitative estimate of drug-likeness (QED) is 0.245. The van der Waals surface area contributed by atoms with E-state index in [9.17, 15) is 19.2 Å². The number of piperidine rings is 2. The van der Waals surface area contributed by atoms with Crippen LogP contribution in [0.2, 0.25) is 0 Å².